The molecular formula is C69H82S3Si. The minimum Gasteiger partial charge on any atom is -0.144 e. The quantitative estimate of drug-likeness (QED) is 0.0395. The van der Waals surface area contributed by atoms with Crippen LogP contribution in [-0.2, 0) is 36.5 Å². The third-order valence-corrected chi connectivity index (χ3v) is 23.8. The Morgan fingerprint density at radius 3 is 1.16 bits per heavy atom. The number of rotatable bonds is 25. The number of aryl methyl sites for hydroxylation is 4. The number of unbranched alkanes of at least 4 members (excludes halogenated alkanes) is 12. The first-order valence-electron chi connectivity index (χ1n) is 28.9. The van der Waals surface area contributed by atoms with E-state index >= 15 is 0 Å². The molecule has 0 bridgehead atoms. The molecule has 5 aromatic carbocycles. The van der Waals surface area contributed by atoms with Crippen LogP contribution in [0, 0.1) is 0 Å². The number of hydrogen-bond donors (Lipinski definition) is 0. The molecule has 2 aliphatic rings. The summed E-state index contributed by atoms with van der Waals surface area (Å²) in [4.78, 5) is 2.91. The molecule has 0 N–H and O–H groups in total. The Morgan fingerprint density at radius 1 is 0.384 bits per heavy atom. The maximum Gasteiger partial charge on any atom is 0.0904 e. The predicted molar refractivity (Wildman–Crippen MR) is 327 cm³/mol. The highest BCUT2D eigenvalue weighted by atomic mass is 32.1. The Morgan fingerprint density at radius 2 is 0.767 bits per heavy atom. The average molecular weight is 1040 g/mol. The van der Waals surface area contributed by atoms with E-state index in [0.29, 0.717) is 0 Å². The van der Waals surface area contributed by atoms with Crippen LogP contribution in [0.15, 0.2) is 127 Å². The lowest BCUT2D eigenvalue weighted by Gasteiger charge is -2.35. The molecule has 2 aliphatic carbocycles. The van der Waals surface area contributed by atoms with Crippen LogP contribution >= 0.6 is 34.0 Å². The van der Waals surface area contributed by atoms with Gasteiger partial charge in [-0.05, 0) is 158 Å². The second kappa shape index (κ2) is 22.9. The molecule has 10 rings (SSSR count). The van der Waals surface area contributed by atoms with Crippen molar-refractivity contribution in [2.75, 3.05) is 0 Å². The summed E-state index contributed by atoms with van der Waals surface area (Å²) in [7, 11) is -1.60. The van der Waals surface area contributed by atoms with Gasteiger partial charge < -0.3 is 0 Å². The fraction of sp³-hybridized carbons (Fsp3) is 0.420. The largest absolute Gasteiger partial charge is 0.144 e. The molecule has 0 radical (unpaired) electrons. The van der Waals surface area contributed by atoms with Gasteiger partial charge in [-0.15, -0.1) is 34.0 Å². The molecule has 0 spiro atoms. The summed E-state index contributed by atoms with van der Waals surface area (Å²) >= 11 is 6.15. The van der Waals surface area contributed by atoms with E-state index in [0.717, 1.165) is 25.7 Å². The van der Waals surface area contributed by atoms with Crippen LogP contribution in [0.3, 0.4) is 0 Å². The molecule has 0 unspecified atom stereocenters. The maximum absolute atomic E-state index is 2.74. The lowest BCUT2D eigenvalue weighted by Crippen LogP contribution is -2.34. The third-order valence-electron chi connectivity index (χ3n) is 16.8. The van der Waals surface area contributed by atoms with Crippen LogP contribution in [0.2, 0.25) is 19.6 Å². The highest BCUT2D eigenvalue weighted by Crippen LogP contribution is 2.66. The van der Waals surface area contributed by atoms with E-state index in [4.69, 9.17) is 0 Å². The van der Waals surface area contributed by atoms with Crippen LogP contribution < -0.4 is 4.50 Å². The monoisotopic (exact) mass is 1030 g/mol. The first-order chi connectivity index (χ1) is 35.7. The summed E-state index contributed by atoms with van der Waals surface area (Å²) in [6.07, 6.45) is 25.2. The lowest BCUT2D eigenvalue weighted by molar-refractivity contribution is 0.666. The zero-order chi connectivity index (χ0) is 50.6. The molecule has 380 valence electrons. The van der Waals surface area contributed by atoms with E-state index in [1.54, 1.807) is 4.50 Å². The van der Waals surface area contributed by atoms with Gasteiger partial charge >= 0.3 is 0 Å². The summed E-state index contributed by atoms with van der Waals surface area (Å²) in [5, 5.41) is 2.38. The summed E-state index contributed by atoms with van der Waals surface area (Å²) < 4.78 is 4.59. The van der Waals surface area contributed by atoms with Crippen molar-refractivity contribution in [2.24, 2.45) is 0 Å². The molecule has 4 heteroatoms. The molecular weight excluding hydrogens is 953 g/mol. The number of fused-ring (bicyclic) bond motifs is 8. The molecule has 0 fully saturated rings. The van der Waals surface area contributed by atoms with Gasteiger partial charge in [0.1, 0.15) is 0 Å². The molecule has 0 aliphatic heterocycles. The molecule has 0 nitrogen and oxygen atoms in total. The van der Waals surface area contributed by atoms with Crippen molar-refractivity contribution in [3.63, 3.8) is 0 Å². The Hall–Kier alpha value is -4.32. The van der Waals surface area contributed by atoms with Gasteiger partial charge in [0, 0.05) is 20.0 Å². The van der Waals surface area contributed by atoms with E-state index in [1.807, 2.05) is 11.3 Å². The lowest BCUT2D eigenvalue weighted by atomic mass is 9.65. The van der Waals surface area contributed by atoms with Crippen molar-refractivity contribution in [3.05, 3.63) is 193 Å². The molecule has 0 saturated heterocycles. The molecule has 73 heavy (non-hydrogen) atoms. The molecule has 3 heterocycles. The molecule has 8 aromatic rings. The van der Waals surface area contributed by atoms with E-state index in [9.17, 15) is 0 Å². The van der Waals surface area contributed by atoms with Gasteiger partial charge in [0.15, 0.2) is 0 Å². The van der Waals surface area contributed by atoms with Gasteiger partial charge in [-0.1, -0.05) is 221 Å². The third kappa shape index (κ3) is 9.90. The van der Waals surface area contributed by atoms with Gasteiger partial charge in [-0.25, -0.2) is 0 Å². The van der Waals surface area contributed by atoms with E-state index < -0.39 is 18.9 Å². The van der Waals surface area contributed by atoms with Crippen molar-refractivity contribution >= 4 is 56.0 Å². The van der Waals surface area contributed by atoms with Crippen molar-refractivity contribution in [1.82, 2.24) is 0 Å². The van der Waals surface area contributed by atoms with Gasteiger partial charge in [-0.3, -0.25) is 0 Å². The van der Waals surface area contributed by atoms with Gasteiger partial charge in [0.2, 0.25) is 0 Å². The summed E-state index contributed by atoms with van der Waals surface area (Å²) in [5.74, 6) is 0. The normalized spacial score (nSPS) is 14.2. The first kappa shape index (κ1) is 52.1. The molecule has 0 atom stereocenters. The van der Waals surface area contributed by atoms with Crippen LogP contribution in [-0.4, -0.2) is 8.07 Å². The highest BCUT2D eigenvalue weighted by Gasteiger charge is 2.53. The van der Waals surface area contributed by atoms with Gasteiger partial charge in [-0.2, -0.15) is 0 Å². The van der Waals surface area contributed by atoms with Crippen molar-refractivity contribution < 1.29 is 0 Å². The van der Waals surface area contributed by atoms with Crippen LogP contribution in [0.25, 0.3) is 30.3 Å². The topological polar surface area (TPSA) is 0 Å². The Bertz CT molecular complexity index is 2960. The number of hydrogen-bond acceptors (Lipinski definition) is 3. The predicted octanol–water partition coefficient (Wildman–Crippen LogP) is 20.8. The number of thiophene rings is 3. The Kier molecular flexibility index (Phi) is 16.3. The van der Waals surface area contributed by atoms with Crippen molar-refractivity contribution in [1.29, 1.82) is 0 Å². The maximum atomic E-state index is 2.74. The van der Waals surface area contributed by atoms with Crippen molar-refractivity contribution in [2.45, 2.75) is 187 Å². The number of benzene rings is 5. The molecule has 3 aromatic heterocycles. The van der Waals surface area contributed by atoms with E-state index in [1.165, 1.54) is 200 Å². The van der Waals surface area contributed by atoms with Crippen LogP contribution in [0.1, 0.15) is 197 Å². The smallest absolute Gasteiger partial charge is 0.0904 e. The minimum atomic E-state index is -1.60. The summed E-state index contributed by atoms with van der Waals surface area (Å²) in [5.41, 5.74) is 19.3. The fourth-order valence-corrected chi connectivity index (χ4v) is 18.5. The van der Waals surface area contributed by atoms with Crippen molar-refractivity contribution in [3.8, 4) is 20.9 Å². The van der Waals surface area contributed by atoms with Crippen LogP contribution in [0.4, 0.5) is 0 Å². The second-order valence-electron chi connectivity index (χ2n) is 23.0. The SMILES string of the molecule is CCCCCCc1ccc(C2(c3ccc(CCCCCC)cc3)c3cc4c(cc3-c3sccc32)C(c2ccc(CCCCCC)cc2)(c2ccc(CCCCCC)cc2)c2c-4sc3cc([Si](C)(C)C)sc23)cc1. The average Bonchev–Trinajstić information content (AvgIpc) is 4.26. The van der Waals surface area contributed by atoms with E-state index in [2.05, 4.69) is 197 Å². The Balaban J connectivity index is 1.21. The minimum absolute atomic E-state index is 0.439. The van der Waals surface area contributed by atoms with E-state index in [-0.39, 0.29) is 0 Å². The first-order valence-corrected chi connectivity index (χ1v) is 34.9. The van der Waals surface area contributed by atoms with Gasteiger partial charge in [0.05, 0.1) is 23.6 Å². The molecule has 0 amide bonds. The zero-order valence-electron chi connectivity index (χ0n) is 45.5. The molecule has 0 saturated carbocycles. The highest BCUT2D eigenvalue weighted by molar-refractivity contribution is 7.36. The summed E-state index contributed by atoms with van der Waals surface area (Å²) in [6, 6.07) is 50.6. The summed E-state index contributed by atoms with van der Waals surface area (Å²) in [6.45, 7) is 16.9. The Labute approximate surface area is 453 Å². The van der Waals surface area contributed by atoms with Crippen LogP contribution in [0.5, 0.6) is 0 Å². The standard InChI is InChI=1S/C69H82S3Si/c1-8-12-16-20-24-49-28-36-53(37-29-49)68(54-38-30-50(31-39-54)25-21-17-13-9-2)59-44-45-70-65(59)57-46-61-58(47-60(57)68)66-64(67-62(71-66)48-63(72-67)73(5,6)7)69(61,55-40-32-51(33-41-55)26-22-18-14-10-3)56-42-34-52(35-43-56)27-23-19-15-11-4/h28-48H,8-27H2,1-7H3. The van der Waals surface area contributed by atoms with Gasteiger partial charge in [0.25, 0.3) is 0 Å². The second-order valence-corrected chi connectivity index (χ2v) is 31.4. The zero-order valence-corrected chi connectivity index (χ0v) is 48.9. The fourth-order valence-electron chi connectivity index (χ4n) is 12.7.